The molecule has 2 aromatic carbocycles. The molecule has 0 saturated heterocycles. The molecule has 0 aliphatic heterocycles. The third kappa shape index (κ3) is 4.93. The first-order chi connectivity index (χ1) is 15.1. The quantitative estimate of drug-likeness (QED) is 0.537. The van der Waals surface area contributed by atoms with Crippen molar-refractivity contribution < 1.29 is 16.8 Å². The highest BCUT2D eigenvalue weighted by Crippen LogP contribution is 2.27. The summed E-state index contributed by atoms with van der Waals surface area (Å²) < 4.78 is 50.5. The second kappa shape index (κ2) is 9.27. The average molecular weight is 475 g/mol. The summed E-state index contributed by atoms with van der Waals surface area (Å²) in [5.41, 5.74) is 1.45. The van der Waals surface area contributed by atoms with Crippen molar-refractivity contribution in [1.82, 2.24) is 4.98 Å². The molecule has 0 saturated carbocycles. The van der Waals surface area contributed by atoms with Crippen LogP contribution in [0.25, 0.3) is 0 Å². The molecule has 0 fully saturated rings. The molecule has 170 valence electrons. The lowest BCUT2D eigenvalue weighted by atomic mass is 10.1. The van der Waals surface area contributed by atoms with E-state index in [1.165, 1.54) is 28.7 Å². The lowest BCUT2D eigenvalue weighted by Gasteiger charge is -2.27. The van der Waals surface area contributed by atoms with Gasteiger partial charge in [-0.1, -0.05) is 30.3 Å². The van der Waals surface area contributed by atoms with Crippen LogP contribution in [-0.4, -0.2) is 35.4 Å². The van der Waals surface area contributed by atoms with Crippen molar-refractivity contribution in [2.75, 3.05) is 22.8 Å². The molecule has 2 N–H and O–H groups in total. The number of para-hydroxylation sites is 1. The number of nitrogens with zero attached hydrogens (tertiary/aromatic N) is 3. The van der Waals surface area contributed by atoms with E-state index < -0.39 is 20.0 Å². The van der Waals surface area contributed by atoms with Crippen LogP contribution in [-0.2, 0) is 20.0 Å². The van der Waals surface area contributed by atoms with Crippen LogP contribution in [0.3, 0.4) is 0 Å². The third-order valence-electron chi connectivity index (χ3n) is 5.27. The van der Waals surface area contributed by atoms with E-state index in [0.717, 1.165) is 5.56 Å². The minimum absolute atomic E-state index is 0.0442. The van der Waals surface area contributed by atoms with Gasteiger partial charge in [0.2, 0.25) is 10.0 Å². The zero-order valence-electron chi connectivity index (χ0n) is 18.1. The van der Waals surface area contributed by atoms with E-state index in [2.05, 4.69) is 4.98 Å². The molecular formula is C22H26N4O4S2. The molecule has 1 aromatic heterocycles. The Kier molecular flexibility index (Phi) is 6.87. The first kappa shape index (κ1) is 23.7. The molecule has 0 aliphatic carbocycles. The first-order valence-electron chi connectivity index (χ1n) is 9.95. The van der Waals surface area contributed by atoms with Gasteiger partial charge in [0.1, 0.15) is 10.7 Å². The summed E-state index contributed by atoms with van der Waals surface area (Å²) in [7, 11) is -5.68. The summed E-state index contributed by atoms with van der Waals surface area (Å²) in [4.78, 5) is 6.38. The Morgan fingerprint density at radius 1 is 0.906 bits per heavy atom. The van der Waals surface area contributed by atoms with Gasteiger partial charge in [-0.05, 0) is 55.8 Å². The maximum atomic E-state index is 13.1. The van der Waals surface area contributed by atoms with Gasteiger partial charge in [0.25, 0.3) is 10.0 Å². The minimum Gasteiger partial charge on any atom is -0.353 e. The lowest BCUT2D eigenvalue weighted by molar-refractivity contribution is 0.591. The number of hydrogen-bond donors (Lipinski definition) is 1. The van der Waals surface area contributed by atoms with Crippen LogP contribution in [0.5, 0.6) is 0 Å². The van der Waals surface area contributed by atoms with Gasteiger partial charge in [0.15, 0.2) is 0 Å². The Hall–Kier alpha value is -2.95. The standard InChI is InChI=1S/C22H26N4O4S2/c1-4-26(19-8-6-5-7-9-19)32(29,30)21-14-15-22(24-16-21)25(3)17(2)18-10-12-20(13-11-18)31(23,27)28/h5-17H,4H2,1-3H3,(H2,23,27,28)/t17-/m1/s1. The Labute approximate surface area is 189 Å². The number of anilines is 2. The summed E-state index contributed by atoms with van der Waals surface area (Å²) in [5.74, 6) is 0.578. The number of aromatic nitrogens is 1. The largest absolute Gasteiger partial charge is 0.353 e. The highest BCUT2D eigenvalue weighted by Gasteiger charge is 2.24. The minimum atomic E-state index is -3.75. The van der Waals surface area contributed by atoms with Gasteiger partial charge in [-0.15, -0.1) is 0 Å². The van der Waals surface area contributed by atoms with Crippen molar-refractivity contribution in [2.45, 2.75) is 29.7 Å². The van der Waals surface area contributed by atoms with E-state index in [4.69, 9.17) is 5.14 Å². The Morgan fingerprint density at radius 2 is 1.50 bits per heavy atom. The second-order valence-electron chi connectivity index (χ2n) is 7.26. The molecule has 0 amide bonds. The normalized spacial score (nSPS) is 12.9. The Bertz CT molecular complexity index is 1260. The fraction of sp³-hybridized carbons (Fsp3) is 0.227. The average Bonchev–Trinajstić information content (AvgIpc) is 2.79. The van der Waals surface area contributed by atoms with Crippen LogP contribution in [0, 0.1) is 0 Å². The van der Waals surface area contributed by atoms with Gasteiger partial charge in [-0.25, -0.2) is 27.0 Å². The predicted molar refractivity (Wildman–Crippen MR) is 126 cm³/mol. The van der Waals surface area contributed by atoms with Crippen LogP contribution in [0.15, 0.2) is 82.7 Å². The van der Waals surface area contributed by atoms with Crippen LogP contribution in [0.2, 0.25) is 0 Å². The summed E-state index contributed by atoms with van der Waals surface area (Å²) in [6.07, 6.45) is 1.35. The molecule has 3 rings (SSSR count). The van der Waals surface area contributed by atoms with E-state index in [9.17, 15) is 16.8 Å². The van der Waals surface area contributed by atoms with Crippen LogP contribution in [0.4, 0.5) is 11.5 Å². The number of pyridine rings is 1. The Balaban J connectivity index is 1.82. The topological polar surface area (TPSA) is 114 Å². The van der Waals surface area contributed by atoms with Gasteiger partial charge in [-0.2, -0.15) is 0 Å². The molecule has 0 unspecified atom stereocenters. The lowest BCUT2D eigenvalue weighted by Crippen LogP contribution is -2.31. The molecule has 0 spiro atoms. The molecule has 0 aliphatic rings. The number of nitrogens with two attached hydrogens (primary N) is 1. The van der Waals surface area contributed by atoms with Gasteiger partial charge in [0.05, 0.1) is 16.6 Å². The van der Waals surface area contributed by atoms with E-state index in [0.29, 0.717) is 18.1 Å². The van der Waals surface area contributed by atoms with E-state index in [1.807, 2.05) is 24.9 Å². The van der Waals surface area contributed by atoms with Crippen molar-refractivity contribution >= 4 is 31.6 Å². The molecule has 0 radical (unpaired) electrons. The van der Waals surface area contributed by atoms with Crippen molar-refractivity contribution in [1.29, 1.82) is 0 Å². The van der Waals surface area contributed by atoms with E-state index >= 15 is 0 Å². The highest BCUT2D eigenvalue weighted by atomic mass is 32.2. The van der Waals surface area contributed by atoms with Gasteiger partial charge in [0, 0.05) is 19.8 Å². The molecule has 0 bridgehead atoms. The summed E-state index contributed by atoms with van der Waals surface area (Å²) in [5, 5.41) is 5.15. The van der Waals surface area contributed by atoms with Crippen molar-refractivity contribution in [3.05, 3.63) is 78.5 Å². The zero-order valence-corrected chi connectivity index (χ0v) is 19.7. The van der Waals surface area contributed by atoms with Gasteiger partial charge in [-0.3, -0.25) is 4.31 Å². The summed E-state index contributed by atoms with van der Waals surface area (Å²) >= 11 is 0. The summed E-state index contributed by atoms with van der Waals surface area (Å²) in [6, 6.07) is 18.3. The third-order valence-corrected chi connectivity index (χ3v) is 8.09. The number of hydrogen-bond acceptors (Lipinski definition) is 6. The van der Waals surface area contributed by atoms with Crippen molar-refractivity contribution in [3.8, 4) is 0 Å². The number of primary sulfonamides is 1. The molecule has 8 nitrogen and oxygen atoms in total. The van der Waals surface area contributed by atoms with Crippen molar-refractivity contribution in [2.24, 2.45) is 5.14 Å². The predicted octanol–water partition coefficient (Wildman–Crippen LogP) is 3.14. The summed E-state index contributed by atoms with van der Waals surface area (Å²) in [6.45, 7) is 4.01. The molecule has 32 heavy (non-hydrogen) atoms. The number of rotatable bonds is 8. The maximum Gasteiger partial charge on any atom is 0.265 e. The molecule has 10 heteroatoms. The van der Waals surface area contributed by atoms with E-state index in [1.54, 1.807) is 49.4 Å². The fourth-order valence-corrected chi connectivity index (χ4v) is 5.24. The van der Waals surface area contributed by atoms with E-state index in [-0.39, 0.29) is 15.8 Å². The van der Waals surface area contributed by atoms with Gasteiger partial charge >= 0.3 is 0 Å². The van der Waals surface area contributed by atoms with Crippen molar-refractivity contribution in [3.63, 3.8) is 0 Å². The maximum absolute atomic E-state index is 13.1. The van der Waals surface area contributed by atoms with Gasteiger partial charge < -0.3 is 4.90 Å². The second-order valence-corrected chi connectivity index (χ2v) is 10.7. The molecule has 3 aromatic rings. The monoisotopic (exact) mass is 474 g/mol. The van der Waals surface area contributed by atoms with Crippen LogP contribution < -0.4 is 14.3 Å². The zero-order chi connectivity index (χ0) is 23.5. The highest BCUT2D eigenvalue weighted by molar-refractivity contribution is 7.92. The smallest absolute Gasteiger partial charge is 0.265 e. The van der Waals surface area contributed by atoms with Crippen LogP contribution in [0.1, 0.15) is 25.5 Å². The number of benzene rings is 2. The van der Waals surface area contributed by atoms with Crippen LogP contribution >= 0.6 is 0 Å². The first-order valence-corrected chi connectivity index (χ1v) is 12.9. The Morgan fingerprint density at radius 3 is 2.00 bits per heavy atom. The molecule has 1 heterocycles. The fourth-order valence-electron chi connectivity index (χ4n) is 3.30. The molecule has 1 atom stereocenters. The SMILES string of the molecule is CCN(c1ccccc1)S(=O)(=O)c1ccc(N(C)[C@H](C)c2ccc(S(N)(=O)=O)cc2)nc1. The molecular weight excluding hydrogens is 448 g/mol. The number of sulfonamides is 2.